The van der Waals surface area contributed by atoms with Crippen LogP contribution in [0, 0.1) is 12.1 Å². The molecule has 0 fully saturated rings. The number of hydrogen-bond acceptors (Lipinski definition) is 6. The summed E-state index contributed by atoms with van der Waals surface area (Å²) in [4.78, 5) is -0.433. The van der Waals surface area contributed by atoms with Crippen LogP contribution in [0.5, 0.6) is 0 Å². The van der Waals surface area contributed by atoms with Gasteiger partial charge in [0.2, 0.25) is 5.69 Å². The molecule has 0 saturated carbocycles. The molecule has 0 aromatic carbocycles. The van der Waals surface area contributed by atoms with Crippen molar-refractivity contribution in [3.63, 3.8) is 0 Å². The van der Waals surface area contributed by atoms with Crippen LogP contribution in [0.2, 0.25) is 0 Å². The van der Waals surface area contributed by atoms with E-state index in [-0.39, 0.29) is 57.1 Å². The molecule has 0 radical (unpaired) electrons. The first kappa shape index (κ1) is 12.5. The van der Waals surface area contributed by atoms with E-state index in [1.54, 1.807) is 0 Å². The fraction of sp³-hybridized carbons (Fsp3) is 0.333. The molecule has 0 unspecified atom stereocenters. The summed E-state index contributed by atoms with van der Waals surface area (Å²) in [7, 11) is -4.78. The van der Waals surface area contributed by atoms with Crippen LogP contribution in [0.15, 0.2) is 9.65 Å². The van der Waals surface area contributed by atoms with Gasteiger partial charge in [0.1, 0.15) is 0 Å². The molecular weight excluding hydrogens is 215 g/mol. The predicted octanol–water partition coefficient (Wildman–Crippen LogP) is -4.48. The van der Waals surface area contributed by atoms with Crippen LogP contribution in [0.1, 0.15) is 5.69 Å². The first-order valence-corrected chi connectivity index (χ1v) is 3.86. The van der Waals surface area contributed by atoms with Crippen molar-refractivity contribution in [3.05, 3.63) is 10.9 Å². The maximum absolute atomic E-state index is 10.4. The summed E-state index contributed by atoms with van der Waals surface area (Å²) in [6, 6.07) is 0. The zero-order valence-electron chi connectivity index (χ0n) is 6.34. The Balaban J connectivity index is 0.00000121. The Labute approximate surface area is 110 Å². The molecule has 0 aliphatic carbocycles. The molecule has 0 spiro atoms. The molecule has 0 amide bonds. The van der Waals surface area contributed by atoms with Crippen molar-refractivity contribution < 1.29 is 73.9 Å². The first-order valence-electron chi connectivity index (χ1n) is 2.45. The van der Waals surface area contributed by atoms with E-state index in [4.69, 9.17) is 0 Å². The van der Waals surface area contributed by atoms with Crippen molar-refractivity contribution in [3.8, 4) is 0 Å². The van der Waals surface area contributed by atoms with Gasteiger partial charge in [0.05, 0.1) is 0 Å². The van der Waals surface area contributed by atoms with Gasteiger partial charge in [0, 0.05) is 12.1 Å². The Morgan fingerprint density at radius 1 is 1.58 bits per heavy atom. The van der Waals surface area contributed by atoms with Crippen LogP contribution >= 0.6 is 0 Å². The quantitative estimate of drug-likeness (QED) is 0.267. The summed E-state index contributed by atoms with van der Waals surface area (Å²) in [6.07, 6.45) is 0. The van der Waals surface area contributed by atoms with E-state index in [9.17, 15) is 18.2 Å². The van der Waals surface area contributed by atoms with Crippen molar-refractivity contribution >= 4 is 10.1 Å². The standard InChI is InChI=1S/C3H4N2O5S.K/c1-2-3(11(7,8)9)5(6)10-4-2;/h1H3,(H,7,8,9);/q;+1/p-1. The fourth-order valence-electron chi connectivity index (χ4n) is 0.579. The van der Waals surface area contributed by atoms with Gasteiger partial charge in [0.15, 0.2) is 10.1 Å². The van der Waals surface area contributed by atoms with Gasteiger partial charge in [-0.15, -0.1) is 0 Å². The van der Waals surface area contributed by atoms with E-state index in [1.165, 1.54) is 6.92 Å². The predicted molar refractivity (Wildman–Crippen MR) is 28.2 cm³/mol. The fourth-order valence-corrected chi connectivity index (χ4v) is 1.19. The number of nitrogens with zero attached hydrogens (tertiary/aromatic N) is 2. The van der Waals surface area contributed by atoms with Crippen LogP contribution in [-0.2, 0) is 10.1 Å². The molecule has 1 rings (SSSR count). The van der Waals surface area contributed by atoms with Crippen LogP contribution in [0.25, 0.3) is 0 Å². The molecule has 9 heteroatoms. The van der Waals surface area contributed by atoms with E-state index in [1.807, 2.05) is 0 Å². The van der Waals surface area contributed by atoms with Crippen molar-refractivity contribution in [2.45, 2.75) is 11.9 Å². The Bertz CT molecular complexity index is 351. The zero-order valence-corrected chi connectivity index (χ0v) is 10.3. The van der Waals surface area contributed by atoms with Gasteiger partial charge in [-0.3, -0.25) is 4.63 Å². The smallest absolute Gasteiger partial charge is 0.741 e. The second-order valence-electron chi connectivity index (χ2n) is 1.77. The largest absolute Gasteiger partial charge is 1.00 e. The topological polar surface area (TPSA) is 110 Å². The molecule has 0 atom stereocenters. The normalized spacial score (nSPS) is 10.8. The second-order valence-corrected chi connectivity index (χ2v) is 3.07. The number of hydrogen-bond donors (Lipinski definition) is 0. The maximum atomic E-state index is 10.4. The maximum Gasteiger partial charge on any atom is 1.00 e. The van der Waals surface area contributed by atoms with Gasteiger partial charge < -0.3 is 9.76 Å². The molecule has 12 heavy (non-hydrogen) atoms. The third kappa shape index (κ3) is 2.49. The molecule has 0 aliphatic heterocycles. The minimum atomic E-state index is -4.78. The zero-order chi connectivity index (χ0) is 8.65. The minimum Gasteiger partial charge on any atom is -0.741 e. The Hall–Kier alpha value is 0.486. The molecule has 1 aromatic heterocycles. The number of rotatable bonds is 1. The van der Waals surface area contributed by atoms with Gasteiger partial charge in [-0.05, 0) is 4.90 Å². The Morgan fingerprint density at radius 3 is 2.25 bits per heavy atom. The molecule has 0 saturated heterocycles. The van der Waals surface area contributed by atoms with Gasteiger partial charge in [-0.2, -0.15) is 0 Å². The molecule has 0 N–H and O–H groups in total. The SMILES string of the molecule is Cc1no[n+]([O-])c1S(=O)(=O)[O-].[K+]. The summed E-state index contributed by atoms with van der Waals surface area (Å²) in [5, 5.41) is 12.4. The Morgan fingerprint density at radius 2 is 2.08 bits per heavy atom. The molecule has 1 heterocycles. The third-order valence-corrected chi connectivity index (χ3v) is 1.88. The summed E-state index contributed by atoms with van der Waals surface area (Å²) >= 11 is 0. The van der Waals surface area contributed by atoms with E-state index < -0.39 is 20.0 Å². The average molecular weight is 218 g/mol. The third-order valence-electron chi connectivity index (χ3n) is 0.964. The summed E-state index contributed by atoms with van der Waals surface area (Å²) in [5.74, 6) is 0. The van der Waals surface area contributed by atoms with E-state index >= 15 is 0 Å². The summed E-state index contributed by atoms with van der Waals surface area (Å²) in [5.41, 5.74) is -0.241. The molecule has 0 bridgehead atoms. The van der Waals surface area contributed by atoms with Crippen molar-refractivity contribution in [1.82, 2.24) is 5.16 Å². The molecule has 62 valence electrons. The van der Waals surface area contributed by atoms with Crippen molar-refractivity contribution in [2.75, 3.05) is 0 Å². The van der Waals surface area contributed by atoms with Gasteiger partial charge >= 0.3 is 51.4 Å². The van der Waals surface area contributed by atoms with Crippen molar-refractivity contribution in [1.29, 1.82) is 0 Å². The summed E-state index contributed by atoms with van der Waals surface area (Å²) < 4.78 is 34.6. The van der Waals surface area contributed by atoms with Crippen molar-refractivity contribution in [2.24, 2.45) is 0 Å². The minimum absolute atomic E-state index is 0. The van der Waals surface area contributed by atoms with Gasteiger partial charge in [-0.1, -0.05) is 0 Å². The molecule has 1 aromatic rings. The van der Waals surface area contributed by atoms with Crippen LogP contribution in [-0.4, -0.2) is 18.1 Å². The van der Waals surface area contributed by atoms with Crippen LogP contribution in [0.3, 0.4) is 0 Å². The summed E-state index contributed by atoms with van der Waals surface area (Å²) in [6.45, 7) is 1.18. The van der Waals surface area contributed by atoms with Crippen LogP contribution < -0.4 is 56.3 Å². The van der Waals surface area contributed by atoms with E-state index in [0.717, 1.165) is 0 Å². The average Bonchev–Trinajstić information content (AvgIpc) is 2.08. The van der Waals surface area contributed by atoms with E-state index in [2.05, 4.69) is 9.79 Å². The van der Waals surface area contributed by atoms with E-state index in [0.29, 0.717) is 0 Å². The second kappa shape index (κ2) is 4.13. The van der Waals surface area contributed by atoms with Crippen LogP contribution in [0.4, 0.5) is 0 Å². The number of aromatic nitrogens is 2. The van der Waals surface area contributed by atoms with Gasteiger partial charge in [0.25, 0.3) is 5.03 Å². The molecule has 7 nitrogen and oxygen atoms in total. The Kier molecular flexibility index (Phi) is 4.30. The monoisotopic (exact) mass is 218 g/mol. The first-order chi connectivity index (χ1) is 4.93. The molecule has 0 aliphatic rings. The molecular formula is C3H3KN2O5S. The van der Waals surface area contributed by atoms with Gasteiger partial charge in [-0.25, -0.2) is 8.42 Å². The number of aryl methyl sites for hydroxylation is 1.